The van der Waals surface area contributed by atoms with Gasteiger partial charge in [0, 0.05) is 24.0 Å². The molecule has 0 spiro atoms. The first-order chi connectivity index (χ1) is 11.0. The molecule has 1 aromatic rings. The summed E-state index contributed by atoms with van der Waals surface area (Å²) in [5.74, 6) is -0.299. The van der Waals surface area contributed by atoms with Crippen LogP contribution in [0, 0.1) is 5.41 Å². The number of hydrogen-bond donors (Lipinski definition) is 1. The molecule has 4 nitrogen and oxygen atoms in total. The summed E-state index contributed by atoms with van der Waals surface area (Å²) in [6.45, 7) is 1.46. The molecule has 3 rings (SSSR count). The Hall–Kier alpha value is -1.36. The number of likely N-dealkylation sites (tertiary alicyclic amines) is 1. The first-order valence-corrected chi connectivity index (χ1v) is 9.06. The van der Waals surface area contributed by atoms with E-state index in [1.807, 2.05) is 4.90 Å². The van der Waals surface area contributed by atoms with Gasteiger partial charge in [-0.15, -0.1) is 0 Å². The van der Waals surface area contributed by atoms with Crippen LogP contribution in [-0.4, -0.2) is 35.0 Å². The molecule has 0 aromatic heterocycles. The molecule has 1 saturated carbocycles. The van der Waals surface area contributed by atoms with E-state index < -0.39 is 11.4 Å². The standard InChI is InChI=1S/C18H22BrNO3/c19-15-4-2-13(3-5-15)14-6-10-20(11-7-14)16(21)12-18(17(22)23)8-1-9-18/h2-5,14H,1,6-12H2,(H,22,23). The van der Waals surface area contributed by atoms with Crippen molar-refractivity contribution in [3.05, 3.63) is 34.3 Å². The van der Waals surface area contributed by atoms with Crippen molar-refractivity contribution >= 4 is 27.8 Å². The van der Waals surface area contributed by atoms with Gasteiger partial charge in [-0.25, -0.2) is 0 Å². The van der Waals surface area contributed by atoms with Crippen LogP contribution in [0.2, 0.25) is 0 Å². The second kappa shape index (κ2) is 6.63. The fourth-order valence-corrected chi connectivity index (χ4v) is 3.93. The fourth-order valence-electron chi connectivity index (χ4n) is 3.67. The van der Waals surface area contributed by atoms with Crippen LogP contribution in [0.5, 0.6) is 0 Å². The normalized spacial score (nSPS) is 20.8. The topological polar surface area (TPSA) is 57.6 Å². The highest BCUT2D eigenvalue weighted by molar-refractivity contribution is 9.10. The lowest BCUT2D eigenvalue weighted by molar-refractivity contribution is -0.159. The number of carbonyl (C=O) groups is 2. The lowest BCUT2D eigenvalue weighted by Gasteiger charge is -2.40. The second-order valence-corrected chi connectivity index (χ2v) is 7.74. The number of benzene rings is 1. The molecule has 1 aromatic carbocycles. The molecule has 1 N–H and O–H groups in total. The van der Waals surface area contributed by atoms with Gasteiger partial charge in [0.1, 0.15) is 0 Å². The molecule has 1 heterocycles. The molecule has 0 radical (unpaired) electrons. The summed E-state index contributed by atoms with van der Waals surface area (Å²) in [6, 6.07) is 8.39. The molecule has 0 bridgehead atoms. The van der Waals surface area contributed by atoms with Crippen molar-refractivity contribution in [1.29, 1.82) is 0 Å². The Labute approximate surface area is 145 Å². The van der Waals surface area contributed by atoms with E-state index in [0.29, 0.717) is 18.8 Å². The van der Waals surface area contributed by atoms with Crippen molar-refractivity contribution in [1.82, 2.24) is 4.90 Å². The highest BCUT2D eigenvalue weighted by atomic mass is 79.9. The quantitative estimate of drug-likeness (QED) is 0.865. The Morgan fingerprint density at radius 1 is 1.17 bits per heavy atom. The molecule has 0 atom stereocenters. The van der Waals surface area contributed by atoms with E-state index in [4.69, 9.17) is 0 Å². The third kappa shape index (κ3) is 3.44. The Morgan fingerprint density at radius 3 is 2.26 bits per heavy atom. The monoisotopic (exact) mass is 379 g/mol. The Bertz CT molecular complexity index is 587. The molecule has 124 valence electrons. The molecule has 1 saturated heterocycles. The predicted molar refractivity (Wildman–Crippen MR) is 91.2 cm³/mol. The van der Waals surface area contributed by atoms with Crippen LogP contribution in [0.15, 0.2) is 28.7 Å². The molecule has 2 aliphatic rings. The maximum atomic E-state index is 12.5. The minimum atomic E-state index is -0.804. The molecular weight excluding hydrogens is 358 g/mol. The van der Waals surface area contributed by atoms with Crippen molar-refractivity contribution in [3.8, 4) is 0 Å². The highest BCUT2D eigenvalue weighted by Gasteiger charge is 2.46. The van der Waals surface area contributed by atoms with Gasteiger partial charge in [-0.1, -0.05) is 34.5 Å². The van der Waals surface area contributed by atoms with E-state index in [2.05, 4.69) is 40.2 Å². The van der Waals surface area contributed by atoms with Crippen molar-refractivity contribution in [2.24, 2.45) is 5.41 Å². The average molecular weight is 380 g/mol. The first kappa shape index (κ1) is 16.5. The number of rotatable bonds is 4. The molecule has 1 aliphatic heterocycles. The van der Waals surface area contributed by atoms with Gasteiger partial charge < -0.3 is 10.0 Å². The predicted octanol–water partition coefficient (Wildman–Crippen LogP) is 3.80. The van der Waals surface area contributed by atoms with Crippen LogP contribution < -0.4 is 0 Å². The number of carboxylic acid groups (broad SMARTS) is 1. The first-order valence-electron chi connectivity index (χ1n) is 8.27. The maximum Gasteiger partial charge on any atom is 0.310 e. The van der Waals surface area contributed by atoms with Crippen LogP contribution in [-0.2, 0) is 9.59 Å². The van der Waals surface area contributed by atoms with Crippen molar-refractivity contribution < 1.29 is 14.7 Å². The summed E-state index contributed by atoms with van der Waals surface area (Å²) in [7, 11) is 0. The van der Waals surface area contributed by atoms with Crippen molar-refractivity contribution in [3.63, 3.8) is 0 Å². The number of amides is 1. The summed E-state index contributed by atoms with van der Waals surface area (Å²) in [5, 5.41) is 9.37. The number of nitrogens with zero attached hydrogens (tertiary/aromatic N) is 1. The van der Waals surface area contributed by atoms with Gasteiger partial charge in [0.05, 0.1) is 5.41 Å². The lowest BCUT2D eigenvalue weighted by Crippen LogP contribution is -2.45. The Morgan fingerprint density at radius 2 is 1.78 bits per heavy atom. The van der Waals surface area contributed by atoms with Gasteiger partial charge in [-0.3, -0.25) is 9.59 Å². The Balaban J connectivity index is 1.55. The van der Waals surface area contributed by atoms with Crippen molar-refractivity contribution in [2.75, 3.05) is 13.1 Å². The SMILES string of the molecule is O=C(CC1(C(=O)O)CCC1)N1CCC(c2ccc(Br)cc2)CC1. The van der Waals surface area contributed by atoms with E-state index in [1.54, 1.807) is 0 Å². The Kier molecular flexibility index (Phi) is 4.76. The van der Waals surface area contributed by atoms with Gasteiger partial charge >= 0.3 is 5.97 Å². The van der Waals surface area contributed by atoms with Gasteiger partial charge in [-0.05, 0) is 49.3 Å². The lowest BCUT2D eigenvalue weighted by atomic mass is 9.66. The van der Waals surface area contributed by atoms with Gasteiger partial charge in [-0.2, -0.15) is 0 Å². The maximum absolute atomic E-state index is 12.5. The number of carboxylic acids is 1. The van der Waals surface area contributed by atoms with Crippen LogP contribution in [0.1, 0.15) is 50.0 Å². The van der Waals surface area contributed by atoms with E-state index in [1.165, 1.54) is 5.56 Å². The van der Waals surface area contributed by atoms with Crippen molar-refractivity contribution in [2.45, 2.75) is 44.4 Å². The number of aliphatic carboxylic acids is 1. The van der Waals surface area contributed by atoms with E-state index in [9.17, 15) is 14.7 Å². The minimum absolute atomic E-state index is 0.0151. The number of hydrogen-bond acceptors (Lipinski definition) is 2. The summed E-state index contributed by atoms with van der Waals surface area (Å²) in [6.07, 6.45) is 4.28. The zero-order valence-electron chi connectivity index (χ0n) is 13.1. The molecular formula is C18H22BrNO3. The minimum Gasteiger partial charge on any atom is -0.481 e. The number of carbonyl (C=O) groups excluding carboxylic acids is 1. The van der Waals surface area contributed by atoms with E-state index in [0.717, 1.165) is 36.8 Å². The molecule has 5 heteroatoms. The molecule has 2 fully saturated rings. The molecule has 0 unspecified atom stereocenters. The van der Waals surface area contributed by atoms with Crippen LogP contribution in [0.25, 0.3) is 0 Å². The highest BCUT2D eigenvalue weighted by Crippen LogP contribution is 2.44. The van der Waals surface area contributed by atoms with E-state index >= 15 is 0 Å². The molecule has 23 heavy (non-hydrogen) atoms. The van der Waals surface area contributed by atoms with Gasteiger partial charge in [0.15, 0.2) is 0 Å². The van der Waals surface area contributed by atoms with Gasteiger partial charge in [0.25, 0.3) is 0 Å². The van der Waals surface area contributed by atoms with Crippen LogP contribution in [0.4, 0.5) is 0 Å². The van der Waals surface area contributed by atoms with E-state index in [-0.39, 0.29) is 12.3 Å². The molecule has 1 aliphatic carbocycles. The molecule has 1 amide bonds. The largest absolute Gasteiger partial charge is 0.481 e. The van der Waals surface area contributed by atoms with Crippen LogP contribution in [0.3, 0.4) is 0 Å². The number of halogens is 1. The third-order valence-electron chi connectivity index (χ3n) is 5.44. The summed E-state index contributed by atoms with van der Waals surface area (Å²) < 4.78 is 1.08. The zero-order valence-corrected chi connectivity index (χ0v) is 14.7. The number of piperidine rings is 1. The summed E-state index contributed by atoms with van der Waals surface area (Å²) in [4.78, 5) is 25.7. The zero-order chi connectivity index (χ0) is 16.4. The smallest absolute Gasteiger partial charge is 0.310 e. The third-order valence-corrected chi connectivity index (χ3v) is 5.97. The fraction of sp³-hybridized carbons (Fsp3) is 0.556. The van der Waals surface area contributed by atoms with Gasteiger partial charge in [0.2, 0.25) is 5.91 Å². The second-order valence-electron chi connectivity index (χ2n) is 6.82. The summed E-state index contributed by atoms with van der Waals surface area (Å²) >= 11 is 3.45. The van der Waals surface area contributed by atoms with Crippen LogP contribution >= 0.6 is 15.9 Å². The summed E-state index contributed by atoms with van der Waals surface area (Å²) in [5.41, 5.74) is 0.543. The average Bonchev–Trinajstić information content (AvgIpc) is 2.51.